The van der Waals surface area contributed by atoms with Gasteiger partial charge in [0.1, 0.15) is 4.88 Å². The third kappa shape index (κ3) is 3.03. The van der Waals surface area contributed by atoms with Gasteiger partial charge in [-0.1, -0.05) is 17.8 Å². The van der Waals surface area contributed by atoms with Crippen LogP contribution in [0.4, 0.5) is 0 Å². The molecule has 4 fully saturated rings. The van der Waals surface area contributed by atoms with E-state index in [4.69, 9.17) is 0 Å². The first-order chi connectivity index (χ1) is 11.2. The maximum absolute atomic E-state index is 12.9. The van der Waals surface area contributed by atoms with E-state index in [2.05, 4.69) is 19.4 Å². The molecule has 2 atom stereocenters. The molecule has 0 spiro atoms. The van der Waals surface area contributed by atoms with E-state index < -0.39 is 0 Å². The number of hydrogen-bond acceptors (Lipinski definition) is 5. The molecular formula is C17H26N4OS. The van der Waals surface area contributed by atoms with Crippen LogP contribution in [0.5, 0.6) is 0 Å². The molecule has 1 aromatic rings. The van der Waals surface area contributed by atoms with Crippen molar-refractivity contribution in [3.63, 3.8) is 0 Å². The van der Waals surface area contributed by atoms with Crippen LogP contribution in [-0.4, -0.2) is 57.5 Å². The van der Waals surface area contributed by atoms with Crippen LogP contribution in [-0.2, 0) is 6.42 Å². The van der Waals surface area contributed by atoms with Gasteiger partial charge >= 0.3 is 0 Å². The predicted octanol–water partition coefficient (Wildman–Crippen LogP) is 2.44. The Hall–Kier alpha value is -1.01. The van der Waals surface area contributed by atoms with Gasteiger partial charge in [-0.05, 0) is 55.5 Å². The van der Waals surface area contributed by atoms with Gasteiger partial charge in [-0.15, -0.1) is 5.10 Å². The lowest BCUT2D eigenvalue weighted by Gasteiger charge is -2.40. The molecule has 1 saturated carbocycles. The lowest BCUT2D eigenvalue weighted by atomic mass is 9.83. The largest absolute Gasteiger partial charge is 0.336 e. The molecule has 23 heavy (non-hydrogen) atoms. The average Bonchev–Trinajstić information content (AvgIpc) is 2.82. The van der Waals surface area contributed by atoms with E-state index in [1.165, 1.54) is 56.7 Å². The van der Waals surface area contributed by atoms with Gasteiger partial charge in [0, 0.05) is 32.2 Å². The molecule has 4 heterocycles. The van der Waals surface area contributed by atoms with E-state index in [0.29, 0.717) is 12.0 Å². The predicted molar refractivity (Wildman–Crippen MR) is 90.6 cm³/mol. The Bertz CT molecular complexity index is 571. The second-order valence-electron chi connectivity index (χ2n) is 7.46. The number of rotatable bonds is 4. The number of aromatic nitrogens is 2. The molecule has 1 aliphatic carbocycles. The maximum atomic E-state index is 12.9. The van der Waals surface area contributed by atoms with Crippen molar-refractivity contribution < 1.29 is 4.79 Å². The van der Waals surface area contributed by atoms with Gasteiger partial charge in [-0.2, -0.15) is 0 Å². The number of piperidine rings is 1. The number of hydrogen-bond donors (Lipinski definition) is 0. The van der Waals surface area contributed by atoms with Crippen LogP contribution in [0.25, 0.3) is 0 Å². The van der Waals surface area contributed by atoms with Gasteiger partial charge in [-0.25, -0.2) is 0 Å². The molecule has 0 N–H and O–H groups in total. The van der Waals surface area contributed by atoms with E-state index in [0.717, 1.165) is 36.0 Å². The molecule has 3 aliphatic heterocycles. The van der Waals surface area contributed by atoms with Crippen LogP contribution >= 0.6 is 11.5 Å². The van der Waals surface area contributed by atoms with Crippen molar-refractivity contribution in [2.24, 2.45) is 11.8 Å². The zero-order chi connectivity index (χ0) is 15.8. The second kappa shape index (κ2) is 6.48. The smallest absolute Gasteiger partial charge is 0.267 e. The van der Waals surface area contributed by atoms with Gasteiger partial charge in [0.05, 0.1) is 5.69 Å². The zero-order valence-corrected chi connectivity index (χ0v) is 14.7. The molecule has 1 aromatic heterocycles. The van der Waals surface area contributed by atoms with Crippen LogP contribution in [0.1, 0.15) is 54.4 Å². The minimum atomic E-state index is 0.166. The van der Waals surface area contributed by atoms with E-state index in [1.54, 1.807) is 0 Å². The van der Waals surface area contributed by atoms with Gasteiger partial charge in [0.2, 0.25) is 0 Å². The quantitative estimate of drug-likeness (QED) is 0.848. The Morgan fingerprint density at radius 2 is 2.09 bits per heavy atom. The summed E-state index contributed by atoms with van der Waals surface area (Å²) >= 11 is 1.26. The van der Waals surface area contributed by atoms with Crippen LogP contribution < -0.4 is 0 Å². The monoisotopic (exact) mass is 334 g/mol. The minimum Gasteiger partial charge on any atom is -0.336 e. The highest BCUT2D eigenvalue weighted by Gasteiger charge is 2.38. The molecule has 0 unspecified atom stereocenters. The topological polar surface area (TPSA) is 49.3 Å². The zero-order valence-electron chi connectivity index (χ0n) is 13.9. The number of amides is 1. The summed E-state index contributed by atoms with van der Waals surface area (Å²) in [6.45, 7) is 6.29. The fourth-order valence-corrected chi connectivity index (χ4v) is 5.04. The summed E-state index contributed by atoms with van der Waals surface area (Å²) in [6.07, 6.45) is 7.53. The molecule has 5 nitrogen and oxygen atoms in total. The molecule has 5 rings (SSSR count). The summed E-state index contributed by atoms with van der Waals surface area (Å²) in [5.74, 6) is 1.72. The second-order valence-corrected chi connectivity index (χ2v) is 8.21. The minimum absolute atomic E-state index is 0.166. The molecule has 4 aliphatic rings. The van der Waals surface area contributed by atoms with E-state index in [1.807, 2.05) is 6.92 Å². The van der Waals surface area contributed by atoms with Crippen molar-refractivity contribution in [2.45, 2.75) is 51.5 Å². The summed E-state index contributed by atoms with van der Waals surface area (Å²) in [5.41, 5.74) is 0.864. The maximum Gasteiger partial charge on any atom is 0.267 e. The van der Waals surface area contributed by atoms with Gasteiger partial charge in [-0.3, -0.25) is 9.69 Å². The molecule has 1 amide bonds. The number of aryl methyl sites for hydroxylation is 1. The fraction of sp³-hybridized carbons (Fsp3) is 0.824. The fourth-order valence-electron chi connectivity index (χ4n) is 4.32. The Morgan fingerprint density at radius 1 is 1.22 bits per heavy atom. The van der Waals surface area contributed by atoms with E-state index in [-0.39, 0.29) is 5.91 Å². The SMILES string of the molecule is CCc1nnsc1C(=O)N1C[C@H]2CC[C@@H](C1)N(CC1CCC1)C2. The summed E-state index contributed by atoms with van der Waals surface area (Å²) in [4.78, 5) is 18.5. The van der Waals surface area contributed by atoms with Gasteiger partial charge < -0.3 is 4.90 Å². The third-order valence-corrected chi connectivity index (χ3v) is 6.67. The highest BCUT2D eigenvalue weighted by molar-refractivity contribution is 7.08. The average molecular weight is 334 g/mol. The first-order valence-corrected chi connectivity index (χ1v) is 9.86. The van der Waals surface area contributed by atoms with Crippen molar-refractivity contribution in [2.75, 3.05) is 26.2 Å². The molecular weight excluding hydrogens is 308 g/mol. The van der Waals surface area contributed by atoms with Crippen molar-refractivity contribution in [1.29, 1.82) is 0 Å². The Morgan fingerprint density at radius 3 is 2.83 bits per heavy atom. The molecule has 0 radical (unpaired) electrons. The summed E-state index contributed by atoms with van der Waals surface area (Å²) in [7, 11) is 0. The summed E-state index contributed by atoms with van der Waals surface area (Å²) in [6, 6.07) is 0.559. The first-order valence-electron chi connectivity index (χ1n) is 9.09. The Kier molecular flexibility index (Phi) is 4.37. The van der Waals surface area contributed by atoms with E-state index >= 15 is 0 Å². The first kappa shape index (κ1) is 15.5. The van der Waals surface area contributed by atoms with Crippen LogP contribution in [0.3, 0.4) is 0 Å². The Labute approximate surface area is 142 Å². The van der Waals surface area contributed by atoms with Crippen molar-refractivity contribution in [3.05, 3.63) is 10.6 Å². The standard InChI is InChI=1S/C17H26N4OS/c1-2-15-16(23-19-18-15)17(22)21-10-13-6-7-14(11-21)20(9-13)8-12-4-3-5-12/h12-14H,2-11H2,1H3/t13-,14-/m0/s1. The molecule has 6 heteroatoms. The molecule has 2 bridgehead atoms. The normalized spacial score (nSPS) is 28.7. The molecule has 3 saturated heterocycles. The van der Waals surface area contributed by atoms with Crippen LogP contribution in [0.2, 0.25) is 0 Å². The van der Waals surface area contributed by atoms with Crippen molar-refractivity contribution >= 4 is 17.4 Å². The van der Waals surface area contributed by atoms with Crippen molar-refractivity contribution in [1.82, 2.24) is 19.4 Å². The number of fused-ring (bicyclic) bond motifs is 4. The highest BCUT2D eigenvalue weighted by Crippen LogP contribution is 2.33. The highest BCUT2D eigenvalue weighted by atomic mass is 32.1. The number of nitrogens with zero attached hydrogens (tertiary/aromatic N) is 4. The Balaban J connectivity index is 1.47. The van der Waals surface area contributed by atoms with Gasteiger partial charge in [0.15, 0.2) is 0 Å². The van der Waals surface area contributed by atoms with Crippen molar-refractivity contribution in [3.8, 4) is 0 Å². The summed E-state index contributed by atoms with van der Waals surface area (Å²) < 4.78 is 3.99. The summed E-state index contributed by atoms with van der Waals surface area (Å²) in [5, 5.41) is 4.11. The van der Waals surface area contributed by atoms with Gasteiger partial charge in [0.25, 0.3) is 5.91 Å². The number of carbonyl (C=O) groups is 1. The molecule has 0 aromatic carbocycles. The molecule has 126 valence electrons. The van der Waals surface area contributed by atoms with Crippen LogP contribution in [0, 0.1) is 11.8 Å². The number of carbonyl (C=O) groups excluding carboxylic acids is 1. The van der Waals surface area contributed by atoms with E-state index in [9.17, 15) is 4.79 Å². The third-order valence-electron chi connectivity index (χ3n) is 5.92. The lowest BCUT2D eigenvalue weighted by molar-refractivity contribution is 0.0720. The van der Waals surface area contributed by atoms with Crippen LogP contribution in [0.15, 0.2) is 0 Å². The lowest BCUT2D eigenvalue weighted by Crippen LogP contribution is -2.47.